The van der Waals surface area contributed by atoms with Crippen molar-refractivity contribution >= 4 is 33.2 Å². The minimum atomic E-state index is -2.61. The van der Waals surface area contributed by atoms with Crippen LogP contribution in [-0.4, -0.2) is 42.0 Å². The second-order valence-electron chi connectivity index (χ2n) is 4.61. The molecule has 23 heavy (non-hydrogen) atoms. The summed E-state index contributed by atoms with van der Waals surface area (Å²) in [4.78, 5) is 0. The number of hydrogen-bond acceptors (Lipinski definition) is 6. The van der Waals surface area contributed by atoms with E-state index >= 15 is 0 Å². The average Bonchev–Trinajstić information content (AvgIpc) is 2.47. The van der Waals surface area contributed by atoms with Crippen LogP contribution in [0.15, 0.2) is 0 Å². The Morgan fingerprint density at radius 1 is 0.783 bits per heavy atom. The van der Waals surface area contributed by atoms with Crippen LogP contribution in [0, 0.1) is 42.9 Å². The predicted octanol–water partition coefficient (Wildman–Crippen LogP) is -0.194. The van der Waals surface area contributed by atoms with Crippen LogP contribution in [0.3, 0.4) is 0 Å². The van der Waals surface area contributed by atoms with Crippen LogP contribution < -0.4 is 0 Å². The molecule has 7 atom stereocenters. The fourth-order valence-corrected chi connectivity index (χ4v) is 3.68. The third-order valence-corrected chi connectivity index (χ3v) is 5.76. The lowest BCUT2D eigenvalue weighted by Gasteiger charge is -2.28. The van der Waals surface area contributed by atoms with Gasteiger partial charge in [0.05, 0.1) is 15.7 Å². The molecular formula is C14H15O6S3-3. The van der Waals surface area contributed by atoms with E-state index in [0.717, 1.165) is 0 Å². The molecule has 0 saturated heterocycles. The van der Waals surface area contributed by atoms with E-state index in [-0.39, 0.29) is 25.7 Å². The van der Waals surface area contributed by atoms with Crippen molar-refractivity contribution in [1.82, 2.24) is 0 Å². The highest BCUT2D eigenvalue weighted by atomic mass is 32.2. The molecule has 0 rings (SSSR count). The van der Waals surface area contributed by atoms with Crippen LogP contribution in [-0.2, 0) is 33.2 Å². The topological polar surface area (TPSA) is 120 Å². The third-order valence-electron chi connectivity index (χ3n) is 3.19. The van der Waals surface area contributed by atoms with Crippen molar-refractivity contribution < 1.29 is 26.3 Å². The van der Waals surface area contributed by atoms with Crippen molar-refractivity contribution in [3.05, 3.63) is 0 Å². The van der Waals surface area contributed by atoms with Crippen LogP contribution in [0.4, 0.5) is 0 Å². The summed E-state index contributed by atoms with van der Waals surface area (Å²) < 4.78 is 66.1. The SMILES string of the molecule is C#CC(CCCC(CC(C#C)S(=O)[O-])C(C#C)S(=O)[O-])S(=O)[O-]. The van der Waals surface area contributed by atoms with Gasteiger partial charge in [-0.3, -0.25) is 12.6 Å². The summed E-state index contributed by atoms with van der Waals surface area (Å²) in [6, 6.07) is 0. The second-order valence-corrected chi connectivity index (χ2v) is 7.81. The lowest BCUT2D eigenvalue weighted by molar-refractivity contribution is 0.421. The molecule has 0 aromatic carbocycles. The summed E-state index contributed by atoms with van der Waals surface area (Å²) in [5, 5.41) is -3.37. The first-order valence-corrected chi connectivity index (χ1v) is 9.82. The Balaban J connectivity index is 5.01. The van der Waals surface area contributed by atoms with Gasteiger partial charge in [0.15, 0.2) is 0 Å². The highest BCUT2D eigenvalue weighted by molar-refractivity contribution is 7.80. The van der Waals surface area contributed by atoms with Crippen LogP contribution >= 0.6 is 0 Å². The van der Waals surface area contributed by atoms with Gasteiger partial charge in [-0.25, -0.2) is 0 Å². The fraction of sp³-hybridized carbons (Fsp3) is 0.571. The molecule has 0 aliphatic rings. The molecular weight excluding hydrogens is 360 g/mol. The van der Waals surface area contributed by atoms with E-state index in [0.29, 0.717) is 0 Å². The molecule has 0 N–H and O–H groups in total. The van der Waals surface area contributed by atoms with Crippen LogP contribution in [0.25, 0.3) is 0 Å². The van der Waals surface area contributed by atoms with E-state index in [4.69, 9.17) is 19.3 Å². The Labute approximate surface area is 144 Å². The number of hydrogen-bond donors (Lipinski definition) is 0. The van der Waals surface area contributed by atoms with Gasteiger partial charge in [0.2, 0.25) is 0 Å². The van der Waals surface area contributed by atoms with Crippen LogP contribution in [0.5, 0.6) is 0 Å². The van der Waals surface area contributed by atoms with E-state index in [1.165, 1.54) is 0 Å². The van der Waals surface area contributed by atoms with Gasteiger partial charge in [-0.1, -0.05) is 24.2 Å². The zero-order valence-electron chi connectivity index (χ0n) is 12.0. The molecule has 0 aliphatic carbocycles. The Morgan fingerprint density at radius 3 is 1.65 bits per heavy atom. The summed E-state index contributed by atoms with van der Waals surface area (Å²) in [5.41, 5.74) is 0. The Morgan fingerprint density at radius 2 is 1.30 bits per heavy atom. The van der Waals surface area contributed by atoms with E-state index < -0.39 is 54.9 Å². The maximum atomic E-state index is 11.2. The van der Waals surface area contributed by atoms with E-state index in [1.807, 2.05) is 0 Å². The highest BCUT2D eigenvalue weighted by Crippen LogP contribution is 2.24. The Hall–Kier alpha value is -0.990. The smallest absolute Gasteiger partial charge is 0.0850 e. The standard InChI is InChI=1S/C14H18O6S3/c1-4-12(21(15)16)9-7-8-11(14(6-3)23(19)20)10-13(5-2)22(17)18/h1-3,11-14H,7-10H2,(H,15,16)(H,17,18)(H,19,20)/p-3. The summed E-state index contributed by atoms with van der Waals surface area (Å²) in [6.45, 7) is 0. The highest BCUT2D eigenvalue weighted by Gasteiger charge is 2.24. The van der Waals surface area contributed by atoms with Gasteiger partial charge in [0.1, 0.15) is 0 Å². The quantitative estimate of drug-likeness (QED) is 0.385. The zero-order chi connectivity index (χ0) is 18.0. The first-order valence-electron chi connectivity index (χ1n) is 6.41. The van der Waals surface area contributed by atoms with Gasteiger partial charge in [-0.2, -0.15) is 0 Å². The van der Waals surface area contributed by atoms with E-state index in [1.54, 1.807) is 0 Å². The van der Waals surface area contributed by atoms with Gasteiger partial charge < -0.3 is 13.7 Å². The van der Waals surface area contributed by atoms with Crippen molar-refractivity contribution in [3.63, 3.8) is 0 Å². The molecule has 0 heterocycles. The van der Waals surface area contributed by atoms with Crippen LogP contribution in [0.1, 0.15) is 25.7 Å². The Kier molecular flexibility index (Phi) is 11.0. The molecule has 0 radical (unpaired) electrons. The predicted molar refractivity (Wildman–Crippen MR) is 86.6 cm³/mol. The van der Waals surface area contributed by atoms with Gasteiger partial charge in [0, 0.05) is 0 Å². The number of rotatable bonds is 10. The lowest BCUT2D eigenvalue weighted by atomic mass is 9.92. The maximum Gasteiger partial charge on any atom is 0.0850 e. The first-order chi connectivity index (χ1) is 10.8. The normalized spacial score (nSPS) is 19.8. The molecule has 6 nitrogen and oxygen atoms in total. The fourth-order valence-electron chi connectivity index (χ4n) is 2.02. The molecule has 7 unspecified atom stereocenters. The molecule has 0 bridgehead atoms. The van der Waals surface area contributed by atoms with Gasteiger partial charge >= 0.3 is 0 Å². The Bertz CT molecular complexity index is 583. The molecule has 0 aliphatic heterocycles. The molecule has 0 aromatic rings. The number of terminal acetylenes is 3. The summed E-state index contributed by atoms with van der Waals surface area (Å²) >= 11 is -7.61. The minimum absolute atomic E-state index is 0.118. The summed E-state index contributed by atoms with van der Waals surface area (Å²) in [5.74, 6) is 5.56. The molecule has 0 saturated carbocycles. The first kappa shape index (κ1) is 22.0. The molecule has 0 amide bonds. The van der Waals surface area contributed by atoms with Crippen molar-refractivity contribution in [2.75, 3.05) is 0 Å². The van der Waals surface area contributed by atoms with Crippen LogP contribution in [0.2, 0.25) is 0 Å². The monoisotopic (exact) mass is 375 g/mol. The van der Waals surface area contributed by atoms with Gasteiger partial charge in [-0.05, 0) is 58.4 Å². The van der Waals surface area contributed by atoms with E-state index in [9.17, 15) is 26.3 Å². The zero-order valence-corrected chi connectivity index (χ0v) is 14.5. The summed E-state index contributed by atoms with van der Waals surface area (Å²) in [6.07, 6.45) is 15.8. The molecule has 0 aromatic heterocycles. The van der Waals surface area contributed by atoms with Gasteiger partial charge in [-0.15, -0.1) is 19.3 Å². The largest absolute Gasteiger partial charge is 0.771 e. The van der Waals surface area contributed by atoms with Crippen molar-refractivity contribution in [3.8, 4) is 37.0 Å². The molecule has 0 spiro atoms. The van der Waals surface area contributed by atoms with E-state index in [2.05, 4.69) is 17.8 Å². The van der Waals surface area contributed by atoms with Crippen molar-refractivity contribution in [2.24, 2.45) is 5.92 Å². The minimum Gasteiger partial charge on any atom is -0.771 e. The molecule has 9 heteroatoms. The third kappa shape index (κ3) is 7.90. The van der Waals surface area contributed by atoms with Crippen molar-refractivity contribution in [2.45, 2.75) is 41.4 Å². The molecule has 128 valence electrons. The maximum absolute atomic E-state index is 11.2. The lowest BCUT2D eigenvalue weighted by Crippen LogP contribution is -2.29. The second kappa shape index (κ2) is 11.5. The molecule has 0 fully saturated rings. The van der Waals surface area contributed by atoms with Crippen molar-refractivity contribution in [1.29, 1.82) is 0 Å². The van der Waals surface area contributed by atoms with Gasteiger partial charge in [0.25, 0.3) is 0 Å². The average molecular weight is 375 g/mol. The summed E-state index contributed by atoms with van der Waals surface area (Å²) in [7, 11) is 0.